The summed E-state index contributed by atoms with van der Waals surface area (Å²) in [6, 6.07) is 5.74. The van der Waals surface area contributed by atoms with E-state index >= 15 is 0 Å². The monoisotopic (exact) mass is 275 g/mol. The molecule has 1 aromatic heterocycles. The topological polar surface area (TPSA) is 95.7 Å². The molecule has 2 aromatic rings. The van der Waals surface area contributed by atoms with Gasteiger partial charge in [-0.15, -0.1) is 0 Å². The van der Waals surface area contributed by atoms with Gasteiger partial charge in [0, 0.05) is 18.9 Å². The number of nitrogens with zero attached hydrogens (tertiary/aromatic N) is 3. The third-order valence-electron chi connectivity index (χ3n) is 2.65. The minimum atomic E-state index is -1.13. The summed E-state index contributed by atoms with van der Waals surface area (Å²) in [6.45, 7) is -0.474. The summed E-state index contributed by atoms with van der Waals surface area (Å²) in [5.74, 6) is -1.56. The number of aromatic nitrogens is 2. The molecule has 1 aromatic carbocycles. The fourth-order valence-corrected chi connectivity index (χ4v) is 1.74. The number of hydrogen-bond donors (Lipinski definition) is 2. The highest BCUT2D eigenvalue weighted by Crippen LogP contribution is 2.20. The van der Waals surface area contributed by atoms with Crippen LogP contribution in [0.2, 0.25) is 0 Å². The number of carboxylic acids is 1. The molecular formula is C13H13N3O4. The van der Waals surface area contributed by atoms with E-state index in [9.17, 15) is 14.7 Å². The normalized spacial score (nSPS) is 10.2. The minimum absolute atomic E-state index is 0.0397. The second-order valence-electron chi connectivity index (χ2n) is 4.20. The van der Waals surface area contributed by atoms with E-state index in [0.717, 1.165) is 4.90 Å². The molecule has 2 rings (SSSR count). The molecule has 1 heterocycles. The van der Waals surface area contributed by atoms with Gasteiger partial charge in [0.1, 0.15) is 12.3 Å². The number of anilines is 1. The van der Waals surface area contributed by atoms with Gasteiger partial charge >= 0.3 is 5.97 Å². The van der Waals surface area contributed by atoms with Crippen LogP contribution >= 0.6 is 0 Å². The number of aromatic hydroxyl groups is 1. The van der Waals surface area contributed by atoms with Crippen molar-refractivity contribution in [3.05, 3.63) is 42.2 Å². The van der Waals surface area contributed by atoms with Gasteiger partial charge in [-0.1, -0.05) is 0 Å². The van der Waals surface area contributed by atoms with Gasteiger partial charge < -0.3 is 10.2 Å². The Balaban J connectivity index is 2.34. The Labute approximate surface area is 114 Å². The first-order valence-electron chi connectivity index (χ1n) is 5.78. The van der Waals surface area contributed by atoms with Crippen molar-refractivity contribution < 1.29 is 19.8 Å². The largest absolute Gasteiger partial charge is 0.508 e. The van der Waals surface area contributed by atoms with Crippen molar-refractivity contribution in [2.24, 2.45) is 7.05 Å². The van der Waals surface area contributed by atoms with Crippen LogP contribution in [-0.4, -0.2) is 38.4 Å². The first kappa shape index (κ1) is 13.6. The molecule has 1 amide bonds. The summed E-state index contributed by atoms with van der Waals surface area (Å²) in [6.07, 6.45) is 2.88. The third-order valence-corrected chi connectivity index (χ3v) is 2.65. The van der Waals surface area contributed by atoms with E-state index in [-0.39, 0.29) is 5.75 Å². The van der Waals surface area contributed by atoms with Crippen LogP contribution in [0.1, 0.15) is 10.4 Å². The van der Waals surface area contributed by atoms with Crippen molar-refractivity contribution in [1.29, 1.82) is 0 Å². The molecule has 104 valence electrons. The number of carbonyl (C=O) groups excluding carboxylic acids is 1. The van der Waals surface area contributed by atoms with Gasteiger partial charge in [0.25, 0.3) is 5.91 Å². The highest BCUT2D eigenvalue weighted by atomic mass is 16.4. The summed E-state index contributed by atoms with van der Waals surface area (Å²) < 4.78 is 1.46. The molecule has 2 N–H and O–H groups in total. The molecule has 0 saturated heterocycles. The SMILES string of the molecule is Cn1cc(C(=O)N(CC(=O)O)c2ccc(O)cc2)cn1. The second kappa shape index (κ2) is 5.43. The highest BCUT2D eigenvalue weighted by Gasteiger charge is 2.21. The van der Waals surface area contributed by atoms with Crippen molar-refractivity contribution in [3.8, 4) is 5.75 Å². The van der Waals surface area contributed by atoms with E-state index in [2.05, 4.69) is 5.10 Å². The Morgan fingerprint density at radius 3 is 2.45 bits per heavy atom. The summed E-state index contributed by atoms with van der Waals surface area (Å²) in [7, 11) is 1.67. The number of rotatable bonds is 4. The Bertz CT molecular complexity index is 633. The fourth-order valence-electron chi connectivity index (χ4n) is 1.74. The molecule has 0 unspecified atom stereocenters. The van der Waals surface area contributed by atoms with Crippen LogP contribution in [0.5, 0.6) is 5.75 Å². The molecule has 0 spiro atoms. The Kier molecular flexibility index (Phi) is 3.69. The van der Waals surface area contributed by atoms with E-state index in [4.69, 9.17) is 5.11 Å². The van der Waals surface area contributed by atoms with Gasteiger partial charge in [-0.25, -0.2) is 0 Å². The molecule has 7 nitrogen and oxygen atoms in total. The van der Waals surface area contributed by atoms with Crippen LogP contribution in [0.3, 0.4) is 0 Å². The maximum absolute atomic E-state index is 12.3. The van der Waals surface area contributed by atoms with Crippen LogP contribution in [0, 0.1) is 0 Å². The fraction of sp³-hybridized carbons (Fsp3) is 0.154. The second-order valence-corrected chi connectivity index (χ2v) is 4.20. The number of amides is 1. The molecule has 0 fully saturated rings. The number of aryl methyl sites for hydroxylation is 1. The molecule has 7 heteroatoms. The summed E-state index contributed by atoms with van der Waals surface area (Å²) in [5.41, 5.74) is 0.681. The van der Waals surface area contributed by atoms with Crippen LogP contribution < -0.4 is 4.90 Å². The molecule has 0 bridgehead atoms. The van der Waals surface area contributed by atoms with Gasteiger partial charge in [0.15, 0.2) is 0 Å². The number of phenols is 1. The lowest BCUT2D eigenvalue weighted by molar-refractivity contribution is -0.135. The quantitative estimate of drug-likeness (QED) is 0.862. The molecular weight excluding hydrogens is 262 g/mol. The lowest BCUT2D eigenvalue weighted by Gasteiger charge is -2.20. The zero-order valence-electron chi connectivity index (χ0n) is 10.7. The van der Waals surface area contributed by atoms with Crippen LogP contribution in [0.25, 0.3) is 0 Å². The predicted molar refractivity (Wildman–Crippen MR) is 70.6 cm³/mol. The average molecular weight is 275 g/mol. The zero-order valence-corrected chi connectivity index (χ0v) is 10.7. The summed E-state index contributed by atoms with van der Waals surface area (Å²) >= 11 is 0. The van der Waals surface area contributed by atoms with Crippen molar-refractivity contribution in [1.82, 2.24) is 9.78 Å². The van der Waals surface area contributed by atoms with E-state index in [1.807, 2.05) is 0 Å². The maximum Gasteiger partial charge on any atom is 0.323 e. The van der Waals surface area contributed by atoms with Gasteiger partial charge in [0.2, 0.25) is 0 Å². The zero-order chi connectivity index (χ0) is 14.7. The first-order chi connectivity index (χ1) is 9.47. The third kappa shape index (κ3) is 2.94. The lowest BCUT2D eigenvalue weighted by Crippen LogP contribution is -2.35. The standard InChI is InChI=1S/C13H13N3O4/c1-15-7-9(6-14-15)13(20)16(8-12(18)19)10-2-4-11(17)5-3-10/h2-7,17H,8H2,1H3,(H,18,19). The molecule has 0 atom stereocenters. The smallest absolute Gasteiger partial charge is 0.323 e. The number of carbonyl (C=O) groups is 2. The highest BCUT2D eigenvalue weighted by molar-refractivity contribution is 6.07. The van der Waals surface area contributed by atoms with Crippen LogP contribution in [0.15, 0.2) is 36.7 Å². The summed E-state index contributed by atoms with van der Waals surface area (Å²) in [5, 5.41) is 22.1. The number of hydrogen-bond acceptors (Lipinski definition) is 4. The van der Waals surface area contributed by atoms with E-state index in [0.29, 0.717) is 11.3 Å². The summed E-state index contributed by atoms with van der Waals surface area (Å²) in [4.78, 5) is 24.4. The van der Waals surface area contributed by atoms with Crippen molar-refractivity contribution in [2.75, 3.05) is 11.4 Å². The first-order valence-corrected chi connectivity index (χ1v) is 5.78. The van der Waals surface area contributed by atoms with Crippen molar-refractivity contribution >= 4 is 17.6 Å². The van der Waals surface area contributed by atoms with Gasteiger partial charge in [-0.2, -0.15) is 5.10 Å². The van der Waals surface area contributed by atoms with Gasteiger partial charge in [0.05, 0.1) is 11.8 Å². The molecule has 0 aliphatic carbocycles. The Hall–Kier alpha value is -2.83. The molecule has 0 aliphatic rings. The Morgan fingerprint density at radius 2 is 1.95 bits per heavy atom. The maximum atomic E-state index is 12.3. The molecule has 20 heavy (non-hydrogen) atoms. The van der Waals surface area contributed by atoms with E-state index in [1.54, 1.807) is 7.05 Å². The number of phenolic OH excluding ortho intramolecular Hbond substituents is 1. The van der Waals surface area contributed by atoms with Crippen molar-refractivity contribution in [2.45, 2.75) is 0 Å². The van der Waals surface area contributed by atoms with Gasteiger partial charge in [-0.05, 0) is 24.3 Å². The van der Waals surface area contributed by atoms with Gasteiger partial charge in [-0.3, -0.25) is 19.2 Å². The Morgan fingerprint density at radius 1 is 1.30 bits per heavy atom. The van der Waals surface area contributed by atoms with Crippen LogP contribution in [-0.2, 0) is 11.8 Å². The van der Waals surface area contributed by atoms with E-state index < -0.39 is 18.4 Å². The van der Waals surface area contributed by atoms with Crippen LogP contribution in [0.4, 0.5) is 5.69 Å². The number of carboxylic acid groups (broad SMARTS) is 1. The number of aliphatic carboxylic acids is 1. The molecule has 0 radical (unpaired) electrons. The minimum Gasteiger partial charge on any atom is -0.508 e. The average Bonchev–Trinajstić information content (AvgIpc) is 2.83. The van der Waals surface area contributed by atoms with E-state index in [1.165, 1.54) is 41.3 Å². The number of benzene rings is 1. The lowest BCUT2D eigenvalue weighted by atomic mass is 10.2. The predicted octanol–water partition coefficient (Wildman–Crippen LogP) is 0.857. The van der Waals surface area contributed by atoms with Crippen molar-refractivity contribution in [3.63, 3.8) is 0 Å². The molecule has 0 aliphatic heterocycles. The molecule has 0 saturated carbocycles.